The van der Waals surface area contributed by atoms with E-state index in [4.69, 9.17) is 9.84 Å². The molecule has 0 saturated heterocycles. The predicted octanol–water partition coefficient (Wildman–Crippen LogP) is 4.03. The van der Waals surface area contributed by atoms with Crippen molar-refractivity contribution >= 4 is 27.7 Å². The first-order valence-corrected chi connectivity index (χ1v) is 7.93. The molecule has 1 rings (SSSR count). The van der Waals surface area contributed by atoms with Gasteiger partial charge in [0.1, 0.15) is 5.75 Å². The lowest BCUT2D eigenvalue weighted by Gasteiger charge is -2.07. The van der Waals surface area contributed by atoms with Crippen LogP contribution >= 0.6 is 15.9 Å². The Morgan fingerprint density at radius 3 is 2.09 bits per heavy atom. The number of carboxylic acid groups (broad SMARTS) is 1. The van der Waals surface area contributed by atoms with Gasteiger partial charge in [-0.3, -0.25) is 4.79 Å². The second-order valence-electron chi connectivity index (χ2n) is 3.88. The van der Waals surface area contributed by atoms with E-state index in [0.29, 0.717) is 11.3 Å². The Balaban J connectivity index is 0.00000211. The highest BCUT2D eigenvalue weighted by atomic mass is 79.9. The van der Waals surface area contributed by atoms with Crippen LogP contribution in [0.4, 0.5) is 0 Å². The first-order chi connectivity index (χ1) is 10.5. The van der Waals surface area contributed by atoms with E-state index >= 15 is 0 Å². The number of Topliss-reactive ketones (excluding diaryl/α,β-unsaturated/α-hetero) is 1. The van der Waals surface area contributed by atoms with E-state index in [0.717, 1.165) is 0 Å². The summed E-state index contributed by atoms with van der Waals surface area (Å²) in [7, 11) is 1.53. The largest absolute Gasteiger partial charge is 0.497 e. The van der Waals surface area contributed by atoms with Gasteiger partial charge in [0.15, 0.2) is 5.78 Å². The lowest BCUT2D eigenvalue weighted by atomic mass is 9.96. The summed E-state index contributed by atoms with van der Waals surface area (Å²) in [6.45, 7) is 5.08. The zero-order valence-corrected chi connectivity index (χ0v) is 14.4. The van der Waals surface area contributed by atoms with Crippen molar-refractivity contribution in [3.05, 3.63) is 65.8 Å². The molecule has 0 fully saturated rings. The van der Waals surface area contributed by atoms with Crippen molar-refractivity contribution in [1.29, 1.82) is 0 Å². The molecule has 0 aliphatic heterocycles. The van der Waals surface area contributed by atoms with Gasteiger partial charge in [0.25, 0.3) is 0 Å². The number of ether oxygens (including phenoxy) is 1. The number of carbonyl (C=O) groups excluding carboxylic acids is 1. The first kappa shape index (κ1) is 19.9. The van der Waals surface area contributed by atoms with Gasteiger partial charge >= 0.3 is 5.97 Å². The molecule has 4 nitrogen and oxygen atoms in total. The Labute approximate surface area is 138 Å². The van der Waals surface area contributed by atoms with E-state index in [9.17, 15) is 9.59 Å². The van der Waals surface area contributed by atoms with Crippen LogP contribution in [0.1, 0.15) is 17.3 Å². The number of halogens is 1. The third-order valence-electron chi connectivity index (χ3n) is 2.69. The molecule has 1 aromatic rings. The van der Waals surface area contributed by atoms with Crippen LogP contribution in [0.15, 0.2) is 60.2 Å². The highest BCUT2D eigenvalue weighted by Crippen LogP contribution is 2.19. The molecule has 0 aliphatic carbocycles. The SMILES string of the molecule is C=C/C=C(C(=O)O)\C(=C/C)C(=O)c1ccc(OC)cc1.CBr. The number of benzene rings is 1. The molecular formula is C17H19BrO4. The number of methoxy groups -OCH3 is 1. The summed E-state index contributed by atoms with van der Waals surface area (Å²) in [6.07, 6.45) is 4.13. The minimum atomic E-state index is -1.17. The number of alkyl halides is 1. The van der Waals surface area contributed by atoms with Gasteiger partial charge in [0.2, 0.25) is 0 Å². The summed E-state index contributed by atoms with van der Waals surface area (Å²) in [5.74, 6) is 0.918. The Bertz CT molecular complexity index is 583. The lowest BCUT2D eigenvalue weighted by Crippen LogP contribution is -2.12. The second-order valence-corrected chi connectivity index (χ2v) is 3.88. The van der Waals surface area contributed by atoms with E-state index in [1.807, 2.05) is 5.83 Å². The molecule has 0 radical (unpaired) electrons. The van der Waals surface area contributed by atoms with E-state index in [1.54, 1.807) is 31.2 Å². The standard InChI is InChI=1S/C16H16O4.CH3Br/c1-4-6-14(16(18)19)13(5-2)15(17)11-7-9-12(20-3)10-8-11;1-2/h4-10H,1H2,2-3H3,(H,18,19);1H3/b13-5+,14-6+;. The fourth-order valence-corrected chi connectivity index (χ4v) is 1.70. The number of rotatable bonds is 6. The Morgan fingerprint density at radius 2 is 1.73 bits per heavy atom. The summed E-state index contributed by atoms with van der Waals surface area (Å²) in [6, 6.07) is 6.49. The zero-order valence-electron chi connectivity index (χ0n) is 12.8. The van der Waals surface area contributed by atoms with Crippen molar-refractivity contribution < 1.29 is 19.4 Å². The maximum Gasteiger partial charge on any atom is 0.336 e. The van der Waals surface area contributed by atoms with E-state index < -0.39 is 5.97 Å². The van der Waals surface area contributed by atoms with Crippen molar-refractivity contribution in [3.8, 4) is 5.75 Å². The fraction of sp³-hybridized carbons (Fsp3) is 0.176. The molecule has 0 saturated carbocycles. The minimum Gasteiger partial charge on any atom is -0.497 e. The number of hydrogen-bond donors (Lipinski definition) is 1. The first-order valence-electron chi connectivity index (χ1n) is 6.34. The summed E-state index contributed by atoms with van der Waals surface area (Å²) >= 11 is 2.94. The molecule has 0 aliphatic rings. The van der Waals surface area contributed by atoms with E-state index in [1.165, 1.54) is 25.3 Å². The predicted molar refractivity (Wildman–Crippen MR) is 91.8 cm³/mol. The van der Waals surface area contributed by atoms with Crippen LogP contribution in [-0.2, 0) is 4.79 Å². The van der Waals surface area contributed by atoms with E-state index in [-0.39, 0.29) is 16.9 Å². The normalized spacial score (nSPS) is 11.1. The molecular weight excluding hydrogens is 348 g/mol. The molecule has 1 N–H and O–H groups in total. The molecule has 118 valence electrons. The van der Waals surface area contributed by atoms with Crippen LogP contribution in [0.5, 0.6) is 5.75 Å². The van der Waals surface area contributed by atoms with Gasteiger partial charge < -0.3 is 9.84 Å². The summed E-state index contributed by atoms with van der Waals surface area (Å²) in [5, 5.41) is 9.15. The van der Waals surface area contributed by atoms with Crippen LogP contribution in [-0.4, -0.2) is 29.8 Å². The number of allylic oxidation sites excluding steroid dienone is 3. The van der Waals surface area contributed by atoms with Gasteiger partial charge in [-0.25, -0.2) is 4.79 Å². The zero-order chi connectivity index (χ0) is 17.1. The van der Waals surface area contributed by atoms with Crippen LogP contribution in [0.3, 0.4) is 0 Å². The monoisotopic (exact) mass is 366 g/mol. The highest BCUT2D eigenvalue weighted by molar-refractivity contribution is 9.08. The van der Waals surface area contributed by atoms with Gasteiger partial charge in [-0.1, -0.05) is 34.7 Å². The third kappa shape index (κ3) is 5.33. The quantitative estimate of drug-likeness (QED) is 0.357. The van der Waals surface area contributed by atoms with Gasteiger partial charge in [0, 0.05) is 11.1 Å². The van der Waals surface area contributed by atoms with Gasteiger partial charge in [0.05, 0.1) is 12.7 Å². The highest BCUT2D eigenvalue weighted by Gasteiger charge is 2.20. The molecule has 0 spiro atoms. The summed E-state index contributed by atoms with van der Waals surface area (Å²) in [4.78, 5) is 23.5. The number of aliphatic carboxylic acids is 1. The van der Waals surface area contributed by atoms with Gasteiger partial charge in [-0.05, 0) is 43.1 Å². The fourth-order valence-electron chi connectivity index (χ4n) is 1.70. The average Bonchev–Trinajstić information content (AvgIpc) is 2.56. The minimum absolute atomic E-state index is 0.0803. The number of hydrogen-bond acceptors (Lipinski definition) is 3. The molecule has 0 amide bonds. The molecule has 0 bridgehead atoms. The maximum absolute atomic E-state index is 12.3. The second kappa shape index (κ2) is 10.6. The molecule has 22 heavy (non-hydrogen) atoms. The molecule has 0 heterocycles. The third-order valence-corrected chi connectivity index (χ3v) is 2.69. The van der Waals surface area contributed by atoms with Crippen molar-refractivity contribution in [3.63, 3.8) is 0 Å². The summed E-state index contributed by atoms with van der Waals surface area (Å²) in [5.41, 5.74) is 0.445. The molecule has 0 aromatic heterocycles. The van der Waals surface area contributed by atoms with E-state index in [2.05, 4.69) is 22.5 Å². The smallest absolute Gasteiger partial charge is 0.336 e. The van der Waals surface area contributed by atoms with Crippen molar-refractivity contribution in [2.24, 2.45) is 0 Å². The molecule has 0 atom stereocenters. The molecule has 1 aromatic carbocycles. The van der Waals surface area contributed by atoms with Crippen molar-refractivity contribution in [2.45, 2.75) is 6.92 Å². The van der Waals surface area contributed by atoms with Crippen molar-refractivity contribution in [2.75, 3.05) is 12.9 Å². The van der Waals surface area contributed by atoms with Crippen LogP contribution < -0.4 is 4.74 Å². The van der Waals surface area contributed by atoms with Crippen LogP contribution in [0.25, 0.3) is 0 Å². The average molecular weight is 367 g/mol. The Hall–Kier alpha value is -2.14. The molecule has 5 heteroatoms. The summed E-state index contributed by atoms with van der Waals surface area (Å²) < 4.78 is 5.02. The van der Waals surface area contributed by atoms with Gasteiger partial charge in [-0.2, -0.15) is 0 Å². The number of carbonyl (C=O) groups is 2. The van der Waals surface area contributed by atoms with Crippen molar-refractivity contribution in [1.82, 2.24) is 0 Å². The topological polar surface area (TPSA) is 63.6 Å². The Kier molecular flexibility index (Phi) is 9.54. The Morgan fingerprint density at radius 1 is 1.18 bits per heavy atom. The van der Waals surface area contributed by atoms with Gasteiger partial charge in [-0.15, -0.1) is 0 Å². The maximum atomic E-state index is 12.3. The van der Waals surface area contributed by atoms with Crippen LogP contribution in [0.2, 0.25) is 0 Å². The molecule has 0 unspecified atom stereocenters. The van der Waals surface area contributed by atoms with Crippen LogP contribution in [0, 0.1) is 0 Å². The number of carboxylic acids is 1. The lowest BCUT2D eigenvalue weighted by molar-refractivity contribution is -0.132. The number of ketones is 1.